The van der Waals surface area contributed by atoms with E-state index < -0.39 is 0 Å². The van der Waals surface area contributed by atoms with Gasteiger partial charge in [-0.2, -0.15) is 4.98 Å². The topological polar surface area (TPSA) is 57.4 Å². The van der Waals surface area contributed by atoms with Crippen LogP contribution in [0, 0.1) is 12.8 Å². The molecular weight excluding hydrogens is 290 g/mol. The molecule has 2 fully saturated rings. The lowest BCUT2D eigenvalue weighted by atomic mass is 9.98. The fourth-order valence-corrected chi connectivity index (χ4v) is 3.39. The Morgan fingerprint density at radius 1 is 1.17 bits per heavy atom. The number of nitrogens with one attached hydrogen (secondary N) is 1. The van der Waals surface area contributed by atoms with Gasteiger partial charge in [0.2, 0.25) is 11.7 Å². The summed E-state index contributed by atoms with van der Waals surface area (Å²) in [4.78, 5) is 9.29. The standard InChI is InChI=1S/C17H23N5O/c1-13-19-17(20-23-13)15-2-4-16(5-3-15)22-11-14(12-22)10-21-8-6-18-7-9-21/h2-5,14,18H,6-12H2,1H3. The first-order valence-corrected chi connectivity index (χ1v) is 8.37. The molecule has 2 aliphatic rings. The number of hydrogen-bond donors (Lipinski definition) is 1. The molecule has 2 aliphatic heterocycles. The number of rotatable bonds is 4. The average molecular weight is 313 g/mol. The van der Waals surface area contributed by atoms with Gasteiger partial charge in [0, 0.05) is 69.9 Å². The number of anilines is 1. The highest BCUT2D eigenvalue weighted by atomic mass is 16.5. The molecule has 0 aliphatic carbocycles. The summed E-state index contributed by atoms with van der Waals surface area (Å²) in [5, 5.41) is 7.37. The van der Waals surface area contributed by atoms with Gasteiger partial charge in [0.1, 0.15) is 0 Å². The third-order valence-corrected chi connectivity index (χ3v) is 4.70. The first-order chi connectivity index (χ1) is 11.3. The normalized spacial score (nSPS) is 19.8. The average Bonchev–Trinajstić information content (AvgIpc) is 2.98. The zero-order chi connectivity index (χ0) is 15.6. The molecule has 23 heavy (non-hydrogen) atoms. The lowest BCUT2D eigenvalue weighted by Gasteiger charge is -2.44. The Hall–Kier alpha value is -1.92. The minimum atomic E-state index is 0.600. The van der Waals surface area contributed by atoms with E-state index in [0.717, 1.165) is 37.7 Å². The summed E-state index contributed by atoms with van der Waals surface area (Å²) in [6, 6.07) is 8.45. The highest BCUT2D eigenvalue weighted by molar-refractivity contribution is 5.60. The van der Waals surface area contributed by atoms with Crippen LogP contribution >= 0.6 is 0 Å². The lowest BCUT2D eigenvalue weighted by molar-refractivity contribution is 0.189. The molecule has 0 bridgehead atoms. The van der Waals surface area contributed by atoms with E-state index in [0.29, 0.717) is 11.7 Å². The van der Waals surface area contributed by atoms with Crippen LogP contribution in [-0.2, 0) is 0 Å². The van der Waals surface area contributed by atoms with Crippen molar-refractivity contribution in [3.05, 3.63) is 30.2 Å². The zero-order valence-corrected chi connectivity index (χ0v) is 13.5. The summed E-state index contributed by atoms with van der Waals surface area (Å²) in [6.07, 6.45) is 0. The molecule has 6 nitrogen and oxygen atoms in total. The van der Waals surface area contributed by atoms with E-state index in [2.05, 4.69) is 49.5 Å². The first-order valence-electron chi connectivity index (χ1n) is 8.37. The molecule has 4 rings (SSSR count). The van der Waals surface area contributed by atoms with E-state index in [-0.39, 0.29) is 0 Å². The Bertz CT molecular complexity index is 641. The summed E-state index contributed by atoms with van der Waals surface area (Å²) in [6.45, 7) is 10.0. The first kappa shape index (κ1) is 14.7. The Balaban J connectivity index is 1.31. The molecule has 0 atom stereocenters. The molecule has 6 heteroatoms. The number of aryl methyl sites for hydroxylation is 1. The minimum Gasteiger partial charge on any atom is -0.371 e. The summed E-state index contributed by atoms with van der Waals surface area (Å²) in [5.41, 5.74) is 2.29. The maximum absolute atomic E-state index is 5.03. The van der Waals surface area contributed by atoms with Crippen molar-refractivity contribution in [2.24, 2.45) is 5.92 Å². The van der Waals surface area contributed by atoms with Crippen LogP contribution in [0.2, 0.25) is 0 Å². The molecule has 0 amide bonds. The summed E-state index contributed by atoms with van der Waals surface area (Å²) in [7, 11) is 0. The highest BCUT2D eigenvalue weighted by Gasteiger charge is 2.28. The second kappa shape index (κ2) is 6.29. The van der Waals surface area contributed by atoms with Crippen molar-refractivity contribution >= 4 is 5.69 Å². The van der Waals surface area contributed by atoms with Crippen LogP contribution in [0.5, 0.6) is 0 Å². The van der Waals surface area contributed by atoms with Crippen LogP contribution in [0.4, 0.5) is 5.69 Å². The molecule has 1 N–H and O–H groups in total. The van der Waals surface area contributed by atoms with Crippen molar-refractivity contribution < 1.29 is 4.52 Å². The number of piperazine rings is 1. The number of hydrogen-bond acceptors (Lipinski definition) is 6. The lowest BCUT2D eigenvalue weighted by Crippen LogP contribution is -2.54. The summed E-state index contributed by atoms with van der Waals surface area (Å²) in [5.74, 6) is 2.06. The van der Waals surface area contributed by atoms with Crippen LogP contribution in [0.1, 0.15) is 5.89 Å². The second-order valence-corrected chi connectivity index (χ2v) is 6.51. The Kier molecular flexibility index (Phi) is 4.01. The molecule has 0 unspecified atom stereocenters. The van der Waals surface area contributed by atoms with E-state index in [1.165, 1.54) is 25.3 Å². The fraction of sp³-hybridized carbons (Fsp3) is 0.529. The Labute approximate surface area is 136 Å². The predicted molar refractivity (Wildman–Crippen MR) is 89.5 cm³/mol. The van der Waals surface area contributed by atoms with Crippen molar-refractivity contribution in [1.82, 2.24) is 20.4 Å². The van der Waals surface area contributed by atoms with Crippen LogP contribution in [0.15, 0.2) is 28.8 Å². The van der Waals surface area contributed by atoms with Crippen molar-refractivity contribution in [3.8, 4) is 11.4 Å². The third kappa shape index (κ3) is 3.23. The quantitative estimate of drug-likeness (QED) is 0.920. The van der Waals surface area contributed by atoms with Gasteiger partial charge in [0.05, 0.1) is 0 Å². The maximum atomic E-state index is 5.03. The van der Waals surface area contributed by atoms with Gasteiger partial charge in [-0.15, -0.1) is 0 Å². The van der Waals surface area contributed by atoms with Gasteiger partial charge >= 0.3 is 0 Å². The Morgan fingerprint density at radius 3 is 2.57 bits per heavy atom. The van der Waals surface area contributed by atoms with Gasteiger partial charge in [-0.25, -0.2) is 0 Å². The van der Waals surface area contributed by atoms with E-state index in [1.807, 2.05) is 6.92 Å². The van der Waals surface area contributed by atoms with Crippen molar-refractivity contribution in [3.63, 3.8) is 0 Å². The van der Waals surface area contributed by atoms with Gasteiger partial charge < -0.3 is 19.6 Å². The molecule has 0 saturated carbocycles. The molecule has 2 aromatic rings. The number of nitrogens with zero attached hydrogens (tertiary/aromatic N) is 4. The maximum Gasteiger partial charge on any atom is 0.223 e. The fourth-order valence-electron chi connectivity index (χ4n) is 3.39. The second-order valence-electron chi connectivity index (χ2n) is 6.51. The monoisotopic (exact) mass is 313 g/mol. The van der Waals surface area contributed by atoms with Gasteiger partial charge in [-0.3, -0.25) is 0 Å². The number of aromatic nitrogens is 2. The molecule has 0 spiro atoms. The summed E-state index contributed by atoms with van der Waals surface area (Å²) < 4.78 is 5.03. The molecule has 3 heterocycles. The van der Waals surface area contributed by atoms with Crippen LogP contribution in [0.25, 0.3) is 11.4 Å². The Morgan fingerprint density at radius 2 is 1.91 bits per heavy atom. The minimum absolute atomic E-state index is 0.600. The molecular formula is C17H23N5O. The van der Waals surface area contributed by atoms with Crippen LogP contribution in [-0.4, -0.2) is 60.9 Å². The molecule has 2 saturated heterocycles. The zero-order valence-electron chi connectivity index (χ0n) is 13.5. The molecule has 1 aromatic carbocycles. The van der Waals surface area contributed by atoms with Gasteiger partial charge in [0.15, 0.2) is 0 Å². The highest BCUT2D eigenvalue weighted by Crippen LogP contribution is 2.27. The van der Waals surface area contributed by atoms with E-state index >= 15 is 0 Å². The van der Waals surface area contributed by atoms with Crippen LogP contribution in [0.3, 0.4) is 0 Å². The SMILES string of the molecule is Cc1nc(-c2ccc(N3CC(CN4CCNCC4)C3)cc2)no1. The third-order valence-electron chi connectivity index (χ3n) is 4.70. The van der Waals surface area contributed by atoms with Crippen molar-refractivity contribution in [2.45, 2.75) is 6.92 Å². The van der Waals surface area contributed by atoms with Gasteiger partial charge in [0.25, 0.3) is 0 Å². The van der Waals surface area contributed by atoms with E-state index in [4.69, 9.17) is 4.52 Å². The van der Waals surface area contributed by atoms with Crippen molar-refractivity contribution in [1.29, 1.82) is 0 Å². The van der Waals surface area contributed by atoms with Gasteiger partial charge in [-0.1, -0.05) is 5.16 Å². The largest absolute Gasteiger partial charge is 0.371 e. The van der Waals surface area contributed by atoms with Gasteiger partial charge in [-0.05, 0) is 24.3 Å². The molecule has 122 valence electrons. The summed E-state index contributed by atoms with van der Waals surface area (Å²) >= 11 is 0. The predicted octanol–water partition coefficient (Wildman–Crippen LogP) is 1.39. The van der Waals surface area contributed by atoms with Crippen molar-refractivity contribution in [2.75, 3.05) is 50.7 Å². The van der Waals surface area contributed by atoms with Crippen LogP contribution < -0.4 is 10.2 Å². The smallest absolute Gasteiger partial charge is 0.223 e. The number of benzene rings is 1. The van der Waals surface area contributed by atoms with E-state index in [1.54, 1.807) is 0 Å². The molecule has 0 radical (unpaired) electrons. The van der Waals surface area contributed by atoms with E-state index in [9.17, 15) is 0 Å². The molecule has 1 aromatic heterocycles.